The smallest absolute Gasteiger partial charge is 0.355 e. The fourth-order valence-corrected chi connectivity index (χ4v) is 1.03. The van der Waals surface area contributed by atoms with Crippen LogP contribution in [0, 0.1) is 5.92 Å². The Morgan fingerprint density at radius 2 is 1.65 bits per heavy atom. The minimum Gasteiger partial charge on any atom is -0.355 e. The first-order chi connectivity index (χ1) is 7.60. The lowest BCUT2D eigenvalue weighted by atomic mass is 10.1. The summed E-state index contributed by atoms with van der Waals surface area (Å²) in [7, 11) is 0. The standard InChI is InChI=1S/C9H11F6NO/c1-2-3-4-5-16-7(17)6(8(10,11)12)9(13,14)15/h2-3,6H,4-5H2,1H3,(H,16,17)/b3-2+. The maximum Gasteiger partial charge on any atom is 0.409 e. The maximum absolute atomic E-state index is 12.0. The number of hydrogen-bond acceptors (Lipinski definition) is 1. The molecule has 0 atom stereocenters. The molecule has 8 heteroatoms. The van der Waals surface area contributed by atoms with Crippen LogP contribution >= 0.6 is 0 Å². The summed E-state index contributed by atoms with van der Waals surface area (Å²) in [4.78, 5) is 10.8. The number of carbonyl (C=O) groups excluding carboxylic acids is 1. The van der Waals surface area contributed by atoms with Crippen LogP contribution in [0.5, 0.6) is 0 Å². The Labute approximate surface area is 93.7 Å². The Bertz CT molecular complexity index is 266. The molecular formula is C9H11F6NO. The van der Waals surface area contributed by atoms with Crippen molar-refractivity contribution in [3.05, 3.63) is 12.2 Å². The van der Waals surface area contributed by atoms with Gasteiger partial charge in [-0.15, -0.1) is 0 Å². The molecule has 0 saturated heterocycles. The number of amides is 1. The molecule has 2 nitrogen and oxygen atoms in total. The lowest BCUT2D eigenvalue weighted by Crippen LogP contribution is -2.48. The van der Waals surface area contributed by atoms with E-state index in [1.807, 2.05) is 0 Å². The van der Waals surface area contributed by atoms with Crippen molar-refractivity contribution >= 4 is 5.91 Å². The Morgan fingerprint density at radius 3 is 2.00 bits per heavy atom. The Kier molecular flexibility index (Phi) is 5.50. The maximum atomic E-state index is 12.0. The molecule has 17 heavy (non-hydrogen) atoms. The van der Waals surface area contributed by atoms with Gasteiger partial charge >= 0.3 is 12.4 Å². The van der Waals surface area contributed by atoms with Crippen LogP contribution in [-0.2, 0) is 4.79 Å². The monoisotopic (exact) mass is 263 g/mol. The molecule has 0 aliphatic heterocycles. The van der Waals surface area contributed by atoms with Gasteiger partial charge in [0, 0.05) is 6.54 Å². The molecule has 0 fully saturated rings. The summed E-state index contributed by atoms with van der Waals surface area (Å²) >= 11 is 0. The average molecular weight is 263 g/mol. The van der Waals surface area contributed by atoms with Gasteiger partial charge in [0.05, 0.1) is 0 Å². The van der Waals surface area contributed by atoms with Gasteiger partial charge in [-0.3, -0.25) is 4.79 Å². The van der Waals surface area contributed by atoms with Crippen molar-refractivity contribution < 1.29 is 31.1 Å². The second-order valence-corrected chi connectivity index (χ2v) is 3.16. The number of allylic oxidation sites excluding steroid dienone is 1. The summed E-state index contributed by atoms with van der Waals surface area (Å²) in [5, 5.41) is 1.60. The third-order valence-electron chi connectivity index (χ3n) is 1.76. The van der Waals surface area contributed by atoms with E-state index in [0.717, 1.165) is 0 Å². The lowest BCUT2D eigenvalue weighted by molar-refractivity contribution is -0.274. The number of carbonyl (C=O) groups is 1. The van der Waals surface area contributed by atoms with E-state index in [4.69, 9.17) is 0 Å². The molecule has 100 valence electrons. The molecule has 0 heterocycles. The zero-order valence-corrected chi connectivity index (χ0v) is 8.82. The zero-order valence-electron chi connectivity index (χ0n) is 8.82. The van der Waals surface area contributed by atoms with Crippen molar-refractivity contribution in [3.63, 3.8) is 0 Å². The van der Waals surface area contributed by atoms with Crippen LogP contribution in [-0.4, -0.2) is 24.8 Å². The van der Waals surface area contributed by atoms with E-state index >= 15 is 0 Å². The summed E-state index contributed by atoms with van der Waals surface area (Å²) in [6, 6.07) is 0. The Morgan fingerprint density at radius 1 is 1.18 bits per heavy atom. The predicted molar refractivity (Wildman–Crippen MR) is 48.0 cm³/mol. The van der Waals surface area contributed by atoms with Crippen LogP contribution < -0.4 is 5.32 Å². The van der Waals surface area contributed by atoms with Crippen molar-refractivity contribution in [2.45, 2.75) is 25.7 Å². The van der Waals surface area contributed by atoms with Gasteiger partial charge in [0.25, 0.3) is 0 Å². The number of nitrogens with one attached hydrogen (secondary N) is 1. The van der Waals surface area contributed by atoms with E-state index in [2.05, 4.69) is 0 Å². The van der Waals surface area contributed by atoms with Gasteiger partial charge in [-0.05, 0) is 13.3 Å². The zero-order chi connectivity index (χ0) is 13.7. The molecule has 0 saturated carbocycles. The lowest BCUT2D eigenvalue weighted by Gasteiger charge is -2.21. The van der Waals surface area contributed by atoms with Gasteiger partial charge in [0.2, 0.25) is 11.8 Å². The minimum absolute atomic E-state index is 0.171. The number of rotatable bonds is 4. The number of alkyl halides is 6. The SMILES string of the molecule is C/C=C/CCNC(=O)C(C(F)(F)F)C(F)(F)F. The first-order valence-electron chi connectivity index (χ1n) is 4.63. The second kappa shape index (κ2) is 5.92. The van der Waals surface area contributed by atoms with Crippen LogP contribution in [0.4, 0.5) is 26.3 Å². The first-order valence-corrected chi connectivity index (χ1v) is 4.63. The largest absolute Gasteiger partial charge is 0.409 e. The minimum atomic E-state index is -5.64. The fourth-order valence-electron chi connectivity index (χ4n) is 1.03. The highest BCUT2D eigenvalue weighted by molar-refractivity contribution is 5.80. The highest BCUT2D eigenvalue weighted by Crippen LogP contribution is 2.39. The topological polar surface area (TPSA) is 29.1 Å². The van der Waals surface area contributed by atoms with Crippen LogP contribution in [0.1, 0.15) is 13.3 Å². The van der Waals surface area contributed by atoms with E-state index in [1.165, 1.54) is 6.08 Å². The van der Waals surface area contributed by atoms with Crippen molar-refractivity contribution in [1.82, 2.24) is 5.32 Å². The van der Waals surface area contributed by atoms with Gasteiger partial charge < -0.3 is 5.32 Å². The number of hydrogen-bond donors (Lipinski definition) is 1. The van der Waals surface area contributed by atoms with Crippen molar-refractivity contribution in [3.8, 4) is 0 Å². The van der Waals surface area contributed by atoms with E-state index in [1.54, 1.807) is 18.3 Å². The van der Waals surface area contributed by atoms with Gasteiger partial charge in [0.1, 0.15) is 0 Å². The molecule has 1 amide bonds. The first kappa shape index (κ1) is 15.8. The molecule has 0 spiro atoms. The van der Waals surface area contributed by atoms with Crippen LogP contribution in [0.3, 0.4) is 0 Å². The van der Waals surface area contributed by atoms with Gasteiger partial charge in [0.15, 0.2) is 0 Å². The van der Waals surface area contributed by atoms with E-state index in [0.29, 0.717) is 0 Å². The molecule has 0 radical (unpaired) electrons. The molecule has 0 unspecified atom stereocenters. The fraction of sp³-hybridized carbons (Fsp3) is 0.667. The predicted octanol–water partition coefficient (Wildman–Crippen LogP) is 2.81. The normalized spacial score (nSPS) is 13.4. The van der Waals surface area contributed by atoms with Crippen LogP contribution in [0.15, 0.2) is 12.2 Å². The number of halogens is 6. The summed E-state index contributed by atoms with van der Waals surface area (Å²) < 4.78 is 72.3. The molecule has 0 aromatic heterocycles. The van der Waals surface area contributed by atoms with Crippen molar-refractivity contribution in [2.24, 2.45) is 5.92 Å². The second-order valence-electron chi connectivity index (χ2n) is 3.16. The molecule has 0 aromatic carbocycles. The van der Waals surface area contributed by atoms with E-state index in [-0.39, 0.29) is 13.0 Å². The van der Waals surface area contributed by atoms with Gasteiger partial charge in [-0.25, -0.2) is 0 Å². The highest BCUT2D eigenvalue weighted by Gasteiger charge is 2.60. The third-order valence-corrected chi connectivity index (χ3v) is 1.76. The van der Waals surface area contributed by atoms with Gasteiger partial charge in [-0.2, -0.15) is 26.3 Å². The quantitative estimate of drug-likeness (QED) is 0.471. The van der Waals surface area contributed by atoms with Crippen LogP contribution in [0.25, 0.3) is 0 Å². The van der Waals surface area contributed by atoms with E-state index in [9.17, 15) is 31.1 Å². The Hall–Kier alpha value is -1.21. The molecule has 1 N–H and O–H groups in total. The molecule has 0 aliphatic carbocycles. The van der Waals surface area contributed by atoms with Crippen molar-refractivity contribution in [1.29, 1.82) is 0 Å². The average Bonchev–Trinajstić information content (AvgIpc) is 2.07. The summed E-state index contributed by atoms with van der Waals surface area (Å²) in [5.74, 6) is -6.05. The van der Waals surface area contributed by atoms with E-state index < -0.39 is 24.2 Å². The summed E-state index contributed by atoms with van der Waals surface area (Å²) in [6.45, 7) is 1.36. The summed E-state index contributed by atoms with van der Waals surface area (Å²) in [5.41, 5.74) is 0. The van der Waals surface area contributed by atoms with Crippen molar-refractivity contribution in [2.75, 3.05) is 6.54 Å². The molecule has 0 aliphatic rings. The highest BCUT2D eigenvalue weighted by atomic mass is 19.4. The van der Waals surface area contributed by atoms with Gasteiger partial charge in [-0.1, -0.05) is 12.2 Å². The molecular weight excluding hydrogens is 252 g/mol. The Balaban J connectivity index is 4.57. The van der Waals surface area contributed by atoms with Crippen LogP contribution in [0.2, 0.25) is 0 Å². The molecule has 0 rings (SSSR count). The third kappa shape index (κ3) is 5.60. The molecule has 0 aromatic rings. The summed E-state index contributed by atoms with van der Waals surface area (Å²) in [6.07, 6.45) is -8.02. The molecule has 0 bridgehead atoms.